The van der Waals surface area contributed by atoms with Crippen molar-refractivity contribution >= 4 is 28.4 Å². The van der Waals surface area contributed by atoms with Gasteiger partial charge in [0.1, 0.15) is 12.0 Å². The monoisotopic (exact) mass is 324 g/mol. The summed E-state index contributed by atoms with van der Waals surface area (Å²) < 4.78 is 27.1. The molecule has 3 nitrogen and oxygen atoms in total. The van der Waals surface area contributed by atoms with Crippen LogP contribution in [0.3, 0.4) is 0 Å². The Labute approximate surface area is 131 Å². The van der Waals surface area contributed by atoms with Crippen LogP contribution >= 0.6 is 11.6 Å². The van der Waals surface area contributed by atoms with E-state index in [-0.39, 0.29) is 6.42 Å². The molecule has 3 atom stereocenters. The number of rotatable bonds is 2. The second-order valence-corrected chi connectivity index (χ2v) is 6.11. The average Bonchev–Trinajstić information content (AvgIpc) is 2.87. The van der Waals surface area contributed by atoms with Crippen LogP contribution in [0.1, 0.15) is 23.2 Å². The van der Waals surface area contributed by atoms with Crippen molar-refractivity contribution in [1.82, 2.24) is 10.3 Å². The molecule has 0 radical (unpaired) electrons. The molecule has 0 spiro atoms. The molecule has 1 aliphatic rings. The number of fused-ring (bicyclic) bond motifs is 1. The van der Waals surface area contributed by atoms with E-state index >= 15 is 0 Å². The third kappa shape index (κ3) is 2.73. The van der Waals surface area contributed by atoms with Crippen molar-refractivity contribution in [2.45, 2.75) is 30.4 Å². The first-order chi connectivity index (χ1) is 10.5. The molecule has 0 bridgehead atoms. The van der Waals surface area contributed by atoms with Crippen LogP contribution in [-0.4, -0.2) is 28.5 Å². The highest BCUT2D eigenvalue weighted by atomic mass is 35.5. The molecule has 2 N–H and O–H groups in total. The number of carbonyl (C=O) groups excluding carboxylic acids is 1. The molecular formula is C16H15ClF2N2O. The zero-order valence-corrected chi connectivity index (χ0v) is 12.5. The zero-order valence-electron chi connectivity index (χ0n) is 11.7. The summed E-state index contributed by atoms with van der Waals surface area (Å²) in [5.74, 6) is -0.818. The Kier molecular flexibility index (Phi) is 3.91. The van der Waals surface area contributed by atoms with E-state index in [0.717, 1.165) is 0 Å². The van der Waals surface area contributed by atoms with Gasteiger partial charge in [-0.1, -0.05) is 6.58 Å². The summed E-state index contributed by atoms with van der Waals surface area (Å²) in [5, 5.41) is 2.83. The topological polar surface area (TPSA) is 44.9 Å². The predicted molar refractivity (Wildman–Crippen MR) is 82.4 cm³/mol. The lowest BCUT2D eigenvalue weighted by atomic mass is 9.89. The molecule has 1 aliphatic carbocycles. The number of halogens is 3. The molecule has 2 aromatic rings. The van der Waals surface area contributed by atoms with Gasteiger partial charge >= 0.3 is 0 Å². The van der Waals surface area contributed by atoms with Crippen molar-refractivity contribution in [1.29, 1.82) is 0 Å². The maximum atomic E-state index is 13.7. The number of benzene rings is 1. The maximum absolute atomic E-state index is 13.7. The Morgan fingerprint density at radius 1 is 1.45 bits per heavy atom. The van der Waals surface area contributed by atoms with Crippen LogP contribution in [-0.2, 0) is 0 Å². The number of hydrogen-bond acceptors (Lipinski definition) is 1. The number of hydrogen-bond donors (Lipinski definition) is 2. The number of carbonyl (C=O) groups is 1. The predicted octanol–water partition coefficient (Wildman–Crippen LogP) is 3.70. The van der Waals surface area contributed by atoms with Crippen LogP contribution in [0.5, 0.6) is 0 Å². The molecule has 0 aliphatic heterocycles. The Bertz CT molecular complexity index is 743. The summed E-state index contributed by atoms with van der Waals surface area (Å²) >= 11 is 6.18. The van der Waals surface area contributed by atoms with Gasteiger partial charge in [-0.2, -0.15) is 0 Å². The fraction of sp³-hybridized carbons (Fsp3) is 0.312. The summed E-state index contributed by atoms with van der Waals surface area (Å²) in [6.07, 6.45) is 0.781. The second kappa shape index (κ2) is 5.72. The summed E-state index contributed by atoms with van der Waals surface area (Å²) in [7, 11) is 0. The first kappa shape index (κ1) is 15.0. The maximum Gasteiger partial charge on any atom is 0.253 e. The molecule has 1 fully saturated rings. The Balaban J connectivity index is 1.81. The number of alkyl halides is 2. The van der Waals surface area contributed by atoms with E-state index in [1.54, 1.807) is 6.07 Å². The molecule has 1 saturated carbocycles. The molecule has 6 heteroatoms. The quantitative estimate of drug-likeness (QED) is 0.642. The lowest BCUT2D eigenvalue weighted by Gasteiger charge is -2.31. The van der Waals surface area contributed by atoms with Crippen LogP contribution in [0.15, 0.2) is 36.5 Å². The van der Waals surface area contributed by atoms with Gasteiger partial charge in [-0.25, -0.2) is 8.78 Å². The summed E-state index contributed by atoms with van der Waals surface area (Å²) in [4.78, 5) is 15.3. The van der Waals surface area contributed by atoms with E-state index in [1.807, 2.05) is 0 Å². The van der Waals surface area contributed by atoms with Crippen molar-refractivity contribution in [3.8, 4) is 0 Å². The fourth-order valence-corrected chi connectivity index (χ4v) is 3.10. The molecule has 1 heterocycles. The summed E-state index contributed by atoms with van der Waals surface area (Å²) in [6, 6.07) is 3.69. The van der Waals surface area contributed by atoms with Crippen molar-refractivity contribution in [2.75, 3.05) is 0 Å². The second-order valence-electron chi connectivity index (χ2n) is 5.55. The standard InChI is InChI=1S/C16H15ClF2N2O/c1-8-4-12(17)15(6-13(8)19)21-16(22)11-7-20-14-3-2-9(18)5-10(11)14/h2-3,5,7,12-13,15,20H,1,4,6H2,(H,21,22). The van der Waals surface area contributed by atoms with E-state index in [0.29, 0.717) is 28.5 Å². The van der Waals surface area contributed by atoms with Crippen molar-refractivity contribution in [2.24, 2.45) is 0 Å². The highest BCUT2D eigenvalue weighted by Crippen LogP contribution is 2.29. The fourth-order valence-electron chi connectivity index (χ4n) is 2.73. The number of allylic oxidation sites excluding steroid dienone is 1. The molecular weight excluding hydrogens is 310 g/mol. The van der Waals surface area contributed by atoms with Gasteiger partial charge in [0, 0.05) is 29.6 Å². The van der Waals surface area contributed by atoms with Crippen molar-refractivity contribution in [3.05, 3.63) is 47.9 Å². The molecule has 1 aromatic carbocycles. The van der Waals surface area contributed by atoms with Crippen LogP contribution in [0.25, 0.3) is 10.9 Å². The van der Waals surface area contributed by atoms with E-state index in [2.05, 4.69) is 16.9 Å². The molecule has 1 amide bonds. The third-order valence-electron chi connectivity index (χ3n) is 4.00. The number of aromatic nitrogens is 1. The minimum atomic E-state index is -1.17. The zero-order chi connectivity index (χ0) is 15.9. The van der Waals surface area contributed by atoms with Crippen molar-refractivity contribution in [3.63, 3.8) is 0 Å². The van der Waals surface area contributed by atoms with E-state index in [4.69, 9.17) is 11.6 Å². The normalized spacial score (nSPS) is 25.4. The van der Waals surface area contributed by atoms with E-state index in [9.17, 15) is 13.6 Å². The van der Waals surface area contributed by atoms with Crippen LogP contribution in [0.4, 0.5) is 8.78 Å². The first-order valence-electron chi connectivity index (χ1n) is 6.99. The van der Waals surface area contributed by atoms with Gasteiger partial charge in [-0.05, 0) is 30.2 Å². The van der Waals surface area contributed by atoms with E-state index < -0.39 is 29.3 Å². The molecule has 0 saturated heterocycles. The minimum Gasteiger partial charge on any atom is -0.360 e. The van der Waals surface area contributed by atoms with Gasteiger partial charge in [0.15, 0.2) is 0 Å². The van der Waals surface area contributed by atoms with Gasteiger partial charge in [0.05, 0.1) is 10.9 Å². The van der Waals surface area contributed by atoms with Crippen LogP contribution in [0.2, 0.25) is 0 Å². The SMILES string of the molecule is C=C1CC(Cl)C(NC(=O)c2c[nH]c3ccc(F)cc23)CC1F. The Hall–Kier alpha value is -1.88. The van der Waals surface area contributed by atoms with Crippen LogP contribution in [0, 0.1) is 5.82 Å². The van der Waals surface area contributed by atoms with Gasteiger partial charge < -0.3 is 10.3 Å². The molecule has 22 heavy (non-hydrogen) atoms. The highest BCUT2D eigenvalue weighted by Gasteiger charge is 2.33. The van der Waals surface area contributed by atoms with Gasteiger partial charge in [0.2, 0.25) is 0 Å². The van der Waals surface area contributed by atoms with Crippen molar-refractivity contribution < 1.29 is 13.6 Å². The van der Waals surface area contributed by atoms with Gasteiger partial charge in [-0.15, -0.1) is 11.6 Å². The number of nitrogens with one attached hydrogen (secondary N) is 2. The summed E-state index contributed by atoms with van der Waals surface area (Å²) in [6.45, 7) is 3.64. The molecule has 116 valence electrons. The smallest absolute Gasteiger partial charge is 0.253 e. The molecule has 1 aromatic heterocycles. The minimum absolute atomic E-state index is 0.107. The number of aromatic amines is 1. The molecule has 3 unspecified atom stereocenters. The highest BCUT2D eigenvalue weighted by molar-refractivity contribution is 6.21. The molecule has 3 rings (SSSR count). The largest absolute Gasteiger partial charge is 0.360 e. The number of H-pyrrole nitrogens is 1. The lowest BCUT2D eigenvalue weighted by Crippen LogP contribution is -2.46. The Morgan fingerprint density at radius 2 is 2.23 bits per heavy atom. The first-order valence-corrected chi connectivity index (χ1v) is 7.42. The summed E-state index contributed by atoms with van der Waals surface area (Å²) in [5.41, 5.74) is 1.44. The van der Waals surface area contributed by atoms with Gasteiger partial charge in [-0.3, -0.25) is 4.79 Å². The van der Waals surface area contributed by atoms with Crippen LogP contribution < -0.4 is 5.32 Å². The lowest BCUT2D eigenvalue weighted by molar-refractivity contribution is 0.0925. The third-order valence-corrected chi connectivity index (χ3v) is 4.46. The van der Waals surface area contributed by atoms with Gasteiger partial charge in [0.25, 0.3) is 5.91 Å². The number of amides is 1. The Morgan fingerprint density at radius 3 is 3.00 bits per heavy atom. The average molecular weight is 325 g/mol. The van der Waals surface area contributed by atoms with E-state index in [1.165, 1.54) is 18.3 Å².